The Labute approximate surface area is 154 Å². The van der Waals surface area contributed by atoms with E-state index in [9.17, 15) is 14.0 Å². The molecular formula is C19H16FN5O2. The standard InChI is InChI=1S/C19H16FN5O2/c1-12(26)23-14-5-7-15(8-6-14)24-18-11-21-17(10-22-18)19(27)25-16-4-2-3-13(20)9-16/h2-11H,1H3,(H,22,24)(H,23,26)(H,25,27). The number of rotatable bonds is 5. The zero-order chi connectivity index (χ0) is 19.2. The molecule has 0 atom stereocenters. The fourth-order valence-electron chi connectivity index (χ4n) is 2.26. The van der Waals surface area contributed by atoms with Crippen LogP contribution in [0.3, 0.4) is 0 Å². The third kappa shape index (κ3) is 5.08. The van der Waals surface area contributed by atoms with E-state index in [1.807, 2.05) is 0 Å². The Kier molecular flexibility index (Phi) is 5.36. The van der Waals surface area contributed by atoms with Gasteiger partial charge in [-0.3, -0.25) is 9.59 Å². The maximum atomic E-state index is 13.2. The summed E-state index contributed by atoms with van der Waals surface area (Å²) >= 11 is 0. The van der Waals surface area contributed by atoms with Crippen molar-refractivity contribution in [3.63, 3.8) is 0 Å². The number of carbonyl (C=O) groups excluding carboxylic acids is 2. The van der Waals surface area contributed by atoms with Crippen molar-refractivity contribution in [2.45, 2.75) is 6.92 Å². The lowest BCUT2D eigenvalue weighted by Gasteiger charge is -2.08. The van der Waals surface area contributed by atoms with Gasteiger partial charge in [0.05, 0.1) is 12.4 Å². The summed E-state index contributed by atoms with van der Waals surface area (Å²) < 4.78 is 13.2. The number of carbonyl (C=O) groups is 2. The summed E-state index contributed by atoms with van der Waals surface area (Å²) in [7, 11) is 0. The van der Waals surface area contributed by atoms with Crippen molar-refractivity contribution in [1.29, 1.82) is 0 Å². The lowest BCUT2D eigenvalue weighted by atomic mass is 10.2. The minimum absolute atomic E-state index is 0.103. The number of nitrogens with zero attached hydrogens (tertiary/aromatic N) is 2. The molecule has 1 heterocycles. The summed E-state index contributed by atoms with van der Waals surface area (Å²) in [5, 5.41) is 8.27. The van der Waals surface area contributed by atoms with Crippen molar-refractivity contribution in [1.82, 2.24) is 9.97 Å². The van der Waals surface area contributed by atoms with E-state index in [0.717, 1.165) is 5.69 Å². The van der Waals surface area contributed by atoms with E-state index < -0.39 is 11.7 Å². The Hall–Kier alpha value is -3.81. The fraction of sp³-hybridized carbons (Fsp3) is 0.0526. The van der Waals surface area contributed by atoms with E-state index in [-0.39, 0.29) is 11.6 Å². The second-order valence-corrected chi connectivity index (χ2v) is 5.63. The molecule has 1 aromatic heterocycles. The van der Waals surface area contributed by atoms with Gasteiger partial charge in [-0.1, -0.05) is 6.07 Å². The van der Waals surface area contributed by atoms with Crippen molar-refractivity contribution in [3.05, 3.63) is 72.4 Å². The van der Waals surface area contributed by atoms with Crippen LogP contribution in [0.5, 0.6) is 0 Å². The molecule has 2 amide bonds. The number of halogens is 1. The van der Waals surface area contributed by atoms with Gasteiger partial charge in [0, 0.05) is 24.0 Å². The van der Waals surface area contributed by atoms with E-state index in [1.54, 1.807) is 30.3 Å². The van der Waals surface area contributed by atoms with Gasteiger partial charge in [0.2, 0.25) is 5.91 Å². The minimum atomic E-state index is -0.487. The topological polar surface area (TPSA) is 96.0 Å². The summed E-state index contributed by atoms with van der Waals surface area (Å²) in [6, 6.07) is 12.6. The smallest absolute Gasteiger partial charge is 0.275 e. The number of nitrogens with one attached hydrogen (secondary N) is 3. The van der Waals surface area contributed by atoms with Gasteiger partial charge in [-0.15, -0.1) is 0 Å². The molecule has 0 aliphatic heterocycles. The molecule has 2 aromatic carbocycles. The third-order valence-electron chi connectivity index (χ3n) is 3.44. The molecular weight excluding hydrogens is 349 g/mol. The third-order valence-corrected chi connectivity index (χ3v) is 3.44. The first-order chi connectivity index (χ1) is 13.0. The van der Waals surface area contributed by atoms with Gasteiger partial charge in [0.1, 0.15) is 17.3 Å². The highest BCUT2D eigenvalue weighted by Crippen LogP contribution is 2.17. The Morgan fingerprint density at radius 1 is 0.889 bits per heavy atom. The molecule has 136 valence electrons. The molecule has 8 heteroatoms. The maximum Gasteiger partial charge on any atom is 0.275 e. The van der Waals surface area contributed by atoms with E-state index in [2.05, 4.69) is 25.9 Å². The maximum absolute atomic E-state index is 13.2. The summed E-state index contributed by atoms with van der Waals surface area (Å²) in [6.45, 7) is 1.44. The number of benzene rings is 2. The van der Waals surface area contributed by atoms with E-state index in [4.69, 9.17) is 0 Å². The SMILES string of the molecule is CC(=O)Nc1ccc(Nc2cnc(C(=O)Nc3cccc(F)c3)cn2)cc1. The highest BCUT2D eigenvalue weighted by atomic mass is 19.1. The van der Waals surface area contributed by atoms with Gasteiger partial charge in [-0.2, -0.15) is 0 Å². The Balaban J connectivity index is 1.62. The Morgan fingerprint density at radius 2 is 1.63 bits per heavy atom. The molecule has 0 fully saturated rings. The highest BCUT2D eigenvalue weighted by Gasteiger charge is 2.09. The zero-order valence-electron chi connectivity index (χ0n) is 14.4. The van der Waals surface area contributed by atoms with Crippen LogP contribution in [-0.4, -0.2) is 21.8 Å². The predicted molar refractivity (Wildman–Crippen MR) is 100 cm³/mol. The summed E-state index contributed by atoms with van der Waals surface area (Å²) in [5.41, 5.74) is 1.87. The minimum Gasteiger partial charge on any atom is -0.339 e. The number of aromatic nitrogens is 2. The summed E-state index contributed by atoms with van der Waals surface area (Å²) in [4.78, 5) is 31.4. The number of hydrogen-bond acceptors (Lipinski definition) is 5. The van der Waals surface area contributed by atoms with Crippen LogP contribution < -0.4 is 16.0 Å². The van der Waals surface area contributed by atoms with Gasteiger partial charge in [0.25, 0.3) is 5.91 Å². The molecule has 27 heavy (non-hydrogen) atoms. The number of amides is 2. The van der Waals surface area contributed by atoms with Gasteiger partial charge >= 0.3 is 0 Å². The number of hydrogen-bond donors (Lipinski definition) is 3. The molecule has 7 nitrogen and oxygen atoms in total. The zero-order valence-corrected chi connectivity index (χ0v) is 14.4. The molecule has 0 aliphatic rings. The van der Waals surface area contributed by atoms with Crippen LogP contribution >= 0.6 is 0 Å². The van der Waals surface area contributed by atoms with Crippen LogP contribution in [0.15, 0.2) is 60.9 Å². The van der Waals surface area contributed by atoms with Crippen molar-refractivity contribution >= 4 is 34.7 Å². The molecule has 0 aliphatic carbocycles. The molecule has 3 N–H and O–H groups in total. The second kappa shape index (κ2) is 8.05. The van der Waals surface area contributed by atoms with Gasteiger partial charge < -0.3 is 16.0 Å². The predicted octanol–water partition coefficient (Wildman–Crippen LogP) is 3.57. The van der Waals surface area contributed by atoms with Crippen LogP contribution in [0.25, 0.3) is 0 Å². The van der Waals surface area contributed by atoms with Crippen molar-refractivity contribution < 1.29 is 14.0 Å². The molecule has 3 rings (SSSR count). The Bertz CT molecular complexity index is 959. The van der Waals surface area contributed by atoms with Crippen LogP contribution in [0.1, 0.15) is 17.4 Å². The van der Waals surface area contributed by atoms with Gasteiger partial charge in [0.15, 0.2) is 0 Å². The fourth-order valence-corrected chi connectivity index (χ4v) is 2.26. The highest BCUT2D eigenvalue weighted by molar-refractivity contribution is 6.02. The normalized spacial score (nSPS) is 10.1. The van der Waals surface area contributed by atoms with Crippen LogP contribution in [0.4, 0.5) is 27.3 Å². The summed E-state index contributed by atoms with van der Waals surface area (Å²) in [6.07, 6.45) is 2.74. The van der Waals surface area contributed by atoms with Gasteiger partial charge in [-0.25, -0.2) is 14.4 Å². The first kappa shape index (κ1) is 18.0. The van der Waals surface area contributed by atoms with E-state index in [1.165, 1.54) is 37.5 Å². The quantitative estimate of drug-likeness (QED) is 0.642. The lowest BCUT2D eigenvalue weighted by molar-refractivity contribution is -0.114. The Morgan fingerprint density at radius 3 is 2.26 bits per heavy atom. The molecule has 0 saturated heterocycles. The largest absolute Gasteiger partial charge is 0.339 e. The van der Waals surface area contributed by atoms with Crippen molar-refractivity contribution in [2.75, 3.05) is 16.0 Å². The molecule has 3 aromatic rings. The summed E-state index contributed by atoms with van der Waals surface area (Å²) in [5.74, 6) is -0.625. The second-order valence-electron chi connectivity index (χ2n) is 5.63. The van der Waals surface area contributed by atoms with E-state index in [0.29, 0.717) is 17.2 Å². The first-order valence-electron chi connectivity index (χ1n) is 8.03. The molecule has 0 unspecified atom stereocenters. The van der Waals surface area contributed by atoms with Crippen molar-refractivity contribution in [3.8, 4) is 0 Å². The van der Waals surface area contributed by atoms with Crippen LogP contribution in [-0.2, 0) is 4.79 Å². The van der Waals surface area contributed by atoms with E-state index >= 15 is 0 Å². The average Bonchev–Trinajstić information content (AvgIpc) is 2.63. The van der Waals surface area contributed by atoms with Crippen LogP contribution in [0, 0.1) is 5.82 Å². The molecule has 0 radical (unpaired) electrons. The molecule has 0 bridgehead atoms. The van der Waals surface area contributed by atoms with Crippen molar-refractivity contribution in [2.24, 2.45) is 0 Å². The van der Waals surface area contributed by atoms with Crippen LogP contribution in [0.2, 0.25) is 0 Å². The molecule has 0 spiro atoms. The number of anilines is 4. The van der Waals surface area contributed by atoms with Gasteiger partial charge in [-0.05, 0) is 42.5 Å². The molecule has 0 saturated carbocycles. The lowest BCUT2D eigenvalue weighted by Crippen LogP contribution is -2.14. The monoisotopic (exact) mass is 365 g/mol. The average molecular weight is 365 g/mol. The first-order valence-corrected chi connectivity index (χ1v) is 8.03.